The minimum atomic E-state index is -4.65. The van der Waals surface area contributed by atoms with Crippen molar-refractivity contribution < 1.29 is 27.9 Å². The van der Waals surface area contributed by atoms with Crippen molar-refractivity contribution in [2.24, 2.45) is 11.8 Å². The molecule has 1 heterocycles. The molecule has 0 saturated carbocycles. The van der Waals surface area contributed by atoms with Crippen molar-refractivity contribution >= 4 is 17.6 Å². The van der Waals surface area contributed by atoms with Gasteiger partial charge in [-0.2, -0.15) is 13.2 Å². The molecule has 1 aromatic rings. The number of nitrogens with two attached hydrogens (primary N) is 1. The standard InChI is InChI=1S/C13H13F3N2O3/c14-13(15,16)10-6-18(5-9(10)12(20)21)11(19)7-1-3-8(17)4-2-7/h1-4,9-10H,5-6,17H2,(H,20,21)/t9-,10-/m1/s1. The second-order valence-electron chi connectivity index (χ2n) is 4.92. The van der Waals surface area contributed by atoms with E-state index in [1.165, 1.54) is 24.3 Å². The number of carboxylic acids is 1. The molecule has 1 aromatic carbocycles. The first-order valence-electron chi connectivity index (χ1n) is 6.14. The molecule has 0 radical (unpaired) electrons. The van der Waals surface area contributed by atoms with Gasteiger partial charge in [-0.1, -0.05) is 0 Å². The number of nitrogens with zero attached hydrogens (tertiary/aromatic N) is 1. The van der Waals surface area contributed by atoms with Gasteiger partial charge in [-0.25, -0.2) is 0 Å². The summed E-state index contributed by atoms with van der Waals surface area (Å²) in [6, 6.07) is 5.71. The third-order valence-corrected chi connectivity index (χ3v) is 3.50. The molecule has 0 unspecified atom stereocenters. The van der Waals surface area contributed by atoms with E-state index in [0.717, 1.165) is 4.90 Å². The Hall–Kier alpha value is -2.25. The van der Waals surface area contributed by atoms with Gasteiger partial charge < -0.3 is 15.7 Å². The number of hydrogen-bond acceptors (Lipinski definition) is 3. The lowest BCUT2D eigenvalue weighted by Gasteiger charge is -2.18. The minimum Gasteiger partial charge on any atom is -0.481 e. The van der Waals surface area contributed by atoms with E-state index in [-0.39, 0.29) is 5.56 Å². The van der Waals surface area contributed by atoms with E-state index >= 15 is 0 Å². The molecule has 2 atom stereocenters. The molecule has 1 amide bonds. The highest BCUT2D eigenvalue weighted by atomic mass is 19.4. The Bertz CT molecular complexity index is 557. The number of carbonyl (C=O) groups excluding carboxylic acids is 1. The van der Waals surface area contributed by atoms with E-state index in [2.05, 4.69) is 0 Å². The molecule has 0 spiro atoms. The molecule has 114 valence electrons. The van der Waals surface area contributed by atoms with Gasteiger partial charge in [-0.15, -0.1) is 0 Å². The van der Waals surface area contributed by atoms with Crippen molar-refractivity contribution in [2.75, 3.05) is 18.8 Å². The number of amides is 1. The summed E-state index contributed by atoms with van der Waals surface area (Å²) in [6.45, 7) is -1.10. The number of hydrogen-bond donors (Lipinski definition) is 2. The Morgan fingerprint density at radius 1 is 1.19 bits per heavy atom. The van der Waals surface area contributed by atoms with Gasteiger partial charge >= 0.3 is 12.1 Å². The average molecular weight is 302 g/mol. The quantitative estimate of drug-likeness (QED) is 0.813. The number of nitrogen functional groups attached to an aromatic ring is 1. The number of aliphatic carboxylic acids is 1. The zero-order valence-electron chi connectivity index (χ0n) is 10.8. The smallest absolute Gasteiger partial charge is 0.394 e. The largest absolute Gasteiger partial charge is 0.481 e. The number of likely N-dealkylation sites (tertiary alicyclic amines) is 1. The van der Waals surface area contributed by atoms with Gasteiger partial charge in [-0.3, -0.25) is 9.59 Å². The molecule has 21 heavy (non-hydrogen) atoms. The van der Waals surface area contributed by atoms with Gasteiger partial charge in [0.1, 0.15) is 0 Å². The number of halogens is 3. The lowest BCUT2D eigenvalue weighted by atomic mass is 9.96. The lowest BCUT2D eigenvalue weighted by Crippen LogP contribution is -2.34. The Labute approximate surface area is 118 Å². The van der Waals surface area contributed by atoms with Crippen molar-refractivity contribution in [3.05, 3.63) is 29.8 Å². The Morgan fingerprint density at radius 2 is 1.76 bits per heavy atom. The molecule has 0 bridgehead atoms. The zero-order valence-corrected chi connectivity index (χ0v) is 10.8. The summed E-state index contributed by atoms with van der Waals surface area (Å²) in [4.78, 5) is 24.0. The number of carboxylic acid groups (broad SMARTS) is 1. The highest BCUT2D eigenvalue weighted by molar-refractivity contribution is 5.95. The first-order chi connectivity index (χ1) is 9.70. The van der Waals surface area contributed by atoms with Crippen molar-refractivity contribution in [3.63, 3.8) is 0 Å². The summed E-state index contributed by atoms with van der Waals surface area (Å²) in [7, 11) is 0. The van der Waals surface area contributed by atoms with Crippen LogP contribution in [0.3, 0.4) is 0 Å². The molecule has 0 aromatic heterocycles. The molecular weight excluding hydrogens is 289 g/mol. The summed E-state index contributed by atoms with van der Waals surface area (Å²) < 4.78 is 38.5. The summed E-state index contributed by atoms with van der Waals surface area (Å²) >= 11 is 0. The summed E-state index contributed by atoms with van der Waals surface area (Å²) in [5, 5.41) is 8.90. The van der Waals surface area contributed by atoms with Gasteiger partial charge in [0.05, 0.1) is 11.8 Å². The summed E-state index contributed by atoms with van der Waals surface area (Å²) in [5.74, 6) is -5.87. The van der Waals surface area contributed by atoms with Crippen LogP contribution in [0.2, 0.25) is 0 Å². The zero-order chi connectivity index (χ0) is 15.8. The van der Waals surface area contributed by atoms with Crippen LogP contribution < -0.4 is 5.73 Å². The van der Waals surface area contributed by atoms with Crippen LogP contribution in [0, 0.1) is 11.8 Å². The lowest BCUT2D eigenvalue weighted by molar-refractivity contribution is -0.187. The highest BCUT2D eigenvalue weighted by Gasteiger charge is 2.53. The number of alkyl halides is 3. The maximum absolute atomic E-state index is 12.8. The predicted octanol–water partition coefficient (Wildman–Crippen LogP) is 1.60. The summed E-state index contributed by atoms with van der Waals surface area (Å²) in [5.41, 5.74) is 6.07. The fraction of sp³-hybridized carbons (Fsp3) is 0.385. The van der Waals surface area contributed by atoms with Crippen LogP contribution in [0.15, 0.2) is 24.3 Å². The van der Waals surface area contributed by atoms with E-state index in [1.54, 1.807) is 0 Å². The third kappa shape index (κ3) is 3.09. The van der Waals surface area contributed by atoms with Crippen LogP contribution in [0.5, 0.6) is 0 Å². The molecule has 3 N–H and O–H groups in total. The predicted molar refractivity (Wildman–Crippen MR) is 67.4 cm³/mol. The van der Waals surface area contributed by atoms with Crippen LogP contribution in [-0.4, -0.2) is 41.1 Å². The van der Waals surface area contributed by atoms with Crippen molar-refractivity contribution in [1.82, 2.24) is 4.90 Å². The van der Waals surface area contributed by atoms with E-state index in [1.807, 2.05) is 0 Å². The molecule has 1 saturated heterocycles. The van der Waals surface area contributed by atoms with Crippen molar-refractivity contribution in [1.29, 1.82) is 0 Å². The fourth-order valence-electron chi connectivity index (χ4n) is 2.36. The number of rotatable bonds is 2. The van der Waals surface area contributed by atoms with Crippen LogP contribution >= 0.6 is 0 Å². The first-order valence-corrected chi connectivity index (χ1v) is 6.14. The second-order valence-corrected chi connectivity index (χ2v) is 4.92. The van der Waals surface area contributed by atoms with Crippen LogP contribution in [0.25, 0.3) is 0 Å². The topological polar surface area (TPSA) is 83.6 Å². The molecule has 1 aliphatic rings. The molecule has 1 fully saturated rings. The molecule has 1 aliphatic heterocycles. The van der Waals surface area contributed by atoms with Crippen LogP contribution in [-0.2, 0) is 4.79 Å². The molecule has 2 rings (SSSR count). The number of anilines is 1. The van der Waals surface area contributed by atoms with Crippen LogP contribution in [0.4, 0.5) is 18.9 Å². The number of carbonyl (C=O) groups is 2. The highest BCUT2D eigenvalue weighted by Crippen LogP contribution is 2.38. The monoisotopic (exact) mass is 302 g/mol. The van der Waals surface area contributed by atoms with Crippen molar-refractivity contribution in [3.8, 4) is 0 Å². The Kier molecular flexibility index (Phi) is 3.80. The summed E-state index contributed by atoms with van der Waals surface area (Å²) in [6.07, 6.45) is -4.65. The van der Waals surface area contributed by atoms with Gasteiger partial charge in [0.15, 0.2) is 0 Å². The van der Waals surface area contributed by atoms with Crippen LogP contribution in [0.1, 0.15) is 10.4 Å². The van der Waals surface area contributed by atoms with E-state index < -0.39 is 43.0 Å². The third-order valence-electron chi connectivity index (χ3n) is 3.50. The van der Waals surface area contributed by atoms with Gasteiger partial charge in [0.2, 0.25) is 0 Å². The van der Waals surface area contributed by atoms with Crippen molar-refractivity contribution in [2.45, 2.75) is 6.18 Å². The SMILES string of the molecule is Nc1ccc(C(=O)N2C[C@@H](C(F)(F)F)[C@H](C(=O)O)C2)cc1. The molecule has 0 aliphatic carbocycles. The maximum Gasteiger partial charge on any atom is 0.394 e. The second kappa shape index (κ2) is 5.27. The van der Waals surface area contributed by atoms with Gasteiger partial charge in [-0.05, 0) is 24.3 Å². The first kappa shape index (κ1) is 15.1. The van der Waals surface area contributed by atoms with Gasteiger partial charge in [0.25, 0.3) is 5.91 Å². The maximum atomic E-state index is 12.8. The van der Waals surface area contributed by atoms with E-state index in [4.69, 9.17) is 10.8 Å². The normalized spacial score (nSPS) is 22.3. The van der Waals surface area contributed by atoms with Gasteiger partial charge in [0, 0.05) is 24.3 Å². The van der Waals surface area contributed by atoms with E-state index in [0.29, 0.717) is 5.69 Å². The minimum absolute atomic E-state index is 0.177. The average Bonchev–Trinajstić information content (AvgIpc) is 2.84. The molecule has 5 nitrogen and oxygen atoms in total. The molecular formula is C13H13F3N2O3. The Balaban J connectivity index is 2.20. The van der Waals surface area contributed by atoms with E-state index in [9.17, 15) is 22.8 Å². The molecule has 8 heteroatoms. The fourth-order valence-corrected chi connectivity index (χ4v) is 2.36. The number of benzene rings is 1. The Morgan fingerprint density at radius 3 is 2.19 bits per heavy atom.